The first-order valence-corrected chi connectivity index (χ1v) is 9.93. The maximum atomic E-state index is 13.0. The number of phenols is 2. The van der Waals surface area contributed by atoms with Crippen molar-refractivity contribution in [1.29, 1.82) is 0 Å². The van der Waals surface area contributed by atoms with Gasteiger partial charge in [-0.15, -0.1) is 0 Å². The van der Waals surface area contributed by atoms with Gasteiger partial charge in [0.2, 0.25) is 5.75 Å². The Kier molecular flexibility index (Phi) is 4.59. The van der Waals surface area contributed by atoms with Crippen LogP contribution < -0.4 is 14.9 Å². The lowest BCUT2D eigenvalue weighted by molar-refractivity contribution is -0.135. The monoisotopic (exact) mass is 430 g/mol. The minimum Gasteiger partial charge on any atom is -0.504 e. The quantitative estimate of drug-likeness (QED) is 0.283. The summed E-state index contributed by atoms with van der Waals surface area (Å²) in [6, 6.07) is 17.4. The minimum atomic E-state index is -0.685. The molecule has 7 nitrogen and oxygen atoms in total. The molecule has 0 spiro atoms. The second-order valence-corrected chi connectivity index (χ2v) is 7.49. The summed E-state index contributed by atoms with van der Waals surface area (Å²) in [5.41, 5.74) is 1.28. The van der Waals surface area contributed by atoms with E-state index >= 15 is 0 Å². The molecule has 0 bridgehead atoms. The van der Waals surface area contributed by atoms with E-state index in [1.807, 2.05) is 18.2 Å². The molecule has 0 amide bonds. The summed E-state index contributed by atoms with van der Waals surface area (Å²) in [4.78, 5) is 25.3. The van der Waals surface area contributed by atoms with Crippen LogP contribution >= 0.6 is 0 Å². The van der Waals surface area contributed by atoms with E-state index in [9.17, 15) is 19.8 Å². The molecule has 0 fully saturated rings. The Morgan fingerprint density at radius 1 is 0.969 bits per heavy atom. The molecule has 2 N–H and O–H groups in total. The number of phenolic OH excluding ortho intramolecular Hbond substituents is 2. The van der Waals surface area contributed by atoms with E-state index in [-0.39, 0.29) is 23.1 Å². The molecule has 0 saturated heterocycles. The molecule has 3 aromatic carbocycles. The summed E-state index contributed by atoms with van der Waals surface area (Å²) in [5, 5.41) is 21.0. The van der Waals surface area contributed by atoms with Crippen molar-refractivity contribution >= 4 is 16.9 Å². The van der Waals surface area contributed by atoms with Crippen LogP contribution in [0, 0.1) is 0 Å². The Balaban J connectivity index is 1.84. The Hall–Kier alpha value is -4.26. The highest BCUT2D eigenvalue weighted by Crippen LogP contribution is 2.52. The van der Waals surface area contributed by atoms with Crippen molar-refractivity contribution < 1.29 is 28.9 Å². The fourth-order valence-electron chi connectivity index (χ4n) is 4.07. The summed E-state index contributed by atoms with van der Waals surface area (Å²) in [5.74, 6) is -1.77. The Bertz CT molecular complexity index is 1400. The molecule has 0 saturated carbocycles. The number of rotatable bonds is 3. The van der Waals surface area contributed by atoms with E-state index in [1.165, 1.54) is 6.07 Å². The zero-order valence-corrected chi connectivity index (χ0v) is 17.0. The van der Waals surface area contributed by atoms with Crippen molar-refractivity contribution in [2.75, 3.05) is 7.11 Å². The smallest absolute Gasteiger partial charge is 0.312 e. The number of fused-ring (bicyclic) bond motifs is 3. The van der Waals surface area contributed by atoms with Crippen LogP contribution in [-0.4, -0.2) is 23.3 Å². The SMILES string of the molecule is COc1ccc(C2CC(=O)Oc3c(O)c(O)c4c(=O)cc(-c5ccccc5)oc4c32)cc1. The van der Waals surface area contributed by atoms with E-state index in [1.54, 1.807) is 43.5 Å². The van der Waals surface area contributed by atoms with Gasteiger partial charge in [-0.2, -0.15) is 0 Å². The van der Waals surface area contributed by atoms with Gasteiger partial charge >= 0.3 is 5.97 Å². The molecule has 1 unspecified atom stereocenters. The van der Waals surface area contributed by atoms with Gasteiger partial charge in [-0.25, -0.2) is 0 Å². The van der Waals surface area contributed by atoms with Crippen LogP contribution in [0.2, 0.25) is 0 Å². The zero-order valence-electron chi connectivity index (χ0n) is 17.0. The number of methoxy groups -OCH3 is 1. The van der Waals surface area contributed by atoms with Crippen LogP contribution in [0.25, 0.3) is 22.3 Å². The molecule has 1 aromatic heterocycles. The predicted octanol–water partition coefficient (Wildman–Crippen LogP) is 4.32. The van der Waals surface area contributed by atoms with E-state index in [0.717, 1.165) is 5.56 Å². The second kappa shape index (κ2) is 7.46. The standard InChI is InChI=1S/C25H18O7/c1-30-15-9-7-13(8-10-15)16-11-19(27)32-25-20(16)24-21(22(28)23(25)29)17(26)12-18(31-24)14-5-3-2-4-6-14/h2-10,12,16,28-29H,11H2,1H3. The van der Waals surface area contributed by atoms with Gasteiger partial charge in [0.1, 0.15) is 22.5 Å². The number of aromatic hydroxyl groups is 2. The van der Waals surface area contributed by atoms with Gasteiger partial charge in [-0.05, 0) is 17.7 Å². The van der Waals surface area contributed by atoms with Gasteiger partial charge in [0, 0.05) is 17.5 Å². The van der Waals surface area contributed by atoms with Crippen molar-refractivity contribution in [3.8, 4) is 34.3 Å². The third-order valence-corrected chi connectivity index (χ3v) is 5.62. The molecule has 1 aliphatic rings. The molecule has 0 aliphatic carbocycles. The highest BCUT2D eigenvalue weighted by molar-refractivity contribution is 5.96. The van der Waals surface area contributed by atoms with Crippen molar-refractivity contribution in [1.82, 2.24) is 0 Å². The summed E-state index contributed by atoms with van der Waals surface area (Å²) in [7, 11) is 1.55. The first kappa shape index (κ1) is 19.7. The van der Waals surface area contributed by atoms with Gasteiger partial charge in [-0.1, -0.05) is 42.5 Å². The lowest BCUT2D eigenvalue weighted by atomic mass is 9.84. The maximum Gasteiger partial charge on any atom is 0.312 e. The van der Waals surface area contributed by atoms with Crippen LogP contribution in [-0.2, 0) is 4.79 Å². The zero-order chi connectivity index (χ0) is 22.4. The van der Waals surface area contributed by atoms with Crippen LogP contribution in [0.4, 0.5) is 0 Å². The number of hydrogen-bond acceptors (Lipinski definition) is 7. The van der Waals surface area contributed by atoms with Crippen molar-refractivity contribution in [2.45, 2.75) is 12.3 Å². The lowest BCUT2D eigenvalue weighted by Gasteiger charge is -2.26. The first-order chi connectivity index (χ1) is 15.5. The number of esters is 1. The molecule has 32 heavy (non-hydrogen) atoms. The van der Waals surface area contributed by atoms with E-state index in [0.29, 0.717) is 22.6 Å². The number of hydrogen-bond donors (Lipinski definition) is 2. The summed E-state index contributed by atoms with van der Waals surface area (Å²) < 4.78 is 16.6. The minimum absolute atomic E-state index is 0.0298. The van der Waals surface area contributed by atoms with Crippen molar-refractivity contribution in [3.63, 3.8) is 0 Å². The molecule has 0 radical (unpaired) electrons. The number of ether oxygens (including phenoxy) is 2. The van der Waals surface area contributed by atoms with Gasteiger partial charge in [0.05, 0.1) is 19.1 Å². The molecule has 1 atom stereocenters. The Labute approximate surface area is 182 Å². The van der Waals surface area contributed by atoms with E-state index in [2.05, 4.69) is 0 Å². The molecule has 1 aliphatic heterocycles. The van der Waals surface area contributed by atoms with Gasteiger partial charge < -0.3 is 24.1 Å². The molecule has 7 heteroatoms. The molecular formula is C25H18O7. The Morgan fingerprint density at radius 3 is 2.38 bits per heavy atom. The fraction of sp³-hybridized carbons (Fsp3) is 0.120. The van der Waals surface area contributed by atoms with Crippen molar-refractivity contribution in [2.24, 2.45) is 0 Å². The highest BCUT2D eigenvalue weighted by atomic mass is 16.5. The van der Waals surface area contributed by atoms with Gasteiger partial charge in [0.25, 0.3) is 0 Å². The lowest BCUT2D eigenvalue weighted by Crippen LogP contribution is -2.22. The van der Waals surface area contributed by atoms with E-state index in [4.69, 9.17) is 13.9 Å². The largest absolute Gasteiger partial charge is 0.504 e. The van der Waals surface area contributed by atoms with Crippen LogP contribution in [0.1, 0.15) is 23.5 Å². The summed E-state index contributed by atoms with van der Waals surface area (Å²) >= 11 is 0. The van der Waals surface area contributed by atoms with Crippen LogP contribution in [0.5, 0.6) is 23.0 Å². The number of carbonyl (C=O) groups is 1. The normalized spacial score (nSPS) is 15.3. The molecular weight excluding hydrogens is 412 g/mol. The number of carbonyl (C=O) groups excluding carboxylic acids is 1. The molecule has 4 aromatic rings. The predicted molar refractivity (Wildman–Crippen MR) is 116 cm³/mol. The third-order valence-electron chi connectivity index (χ3n) is 5.62. The fourth-order valence-corrected chi connectivity index (χ4v) is 4.07. The van der Waals surface area contributed by atoms with Gasteiger partial charge in [0.15, 0.2) is 16.9 Å². The first-order valence-electron chi connectivity index (χ1n) is 9.93. The number of benzene rings is 3. The Morgan fingerprint density at radius 2 is 1.69 bits per heavy atom. The average molecular weight is 430 g/mol. The summed E-state index contributed by atoms with van der Waals surface area (Å²) in [6.45, 7) is 0. The molecule has 2 heterocycles. The molecule has 160 valence electrons. The highest BCUT2D eigenvalue weighted by Gasteiger charge is 2.36. The summed E-state index contributed by atoms with van der Waals surface area (Å²) in [6.07, 6.45) is -0.0298. The average Bonchev–Trinajstić information content (AvgIpc) is 2.82. The van der Waals surface area contributed by atoms with Gasteiger partial charge in [-0.3, -0.25) is 9.59 Å². The van der Waals surface area contributed by atoms with Crippen molar-refractivity contribution in [3.05, 3.63) is 82.0 Å². The topological polar surface area (TPSA) is 106 Å². The molecule has 5 rings (SSSR count). The van der Waals surface area contributed by atoms with Crippen LogP contribution in [0.3, 0.4) is 0 Å². The van der Waals surface area contributed by atoms with Crippen LogP contribution in [0.15, 0.2) is 69.9 Å². The third kappa shape index (κ3) is 3.06. The second-order valence-electron chi connectivity index (χ2n) is 7.49. The van der Waals surface area contributed by atoms with E-state index < -0.39 is 28.8 Å². The maximum absolute atomic E-state index is 13.0.